The van der Waals surface area contributed by atoms with E-state index in [2.05, 4.69) is 14.9 Å². The van der Waals surface area contributed by atoms with Crippen LogP contribution in [-0.4, -0.2) is 40.3 Å². The van der Waals surface area contributed by atoms with Crippen LogP contribution in [0.3, 0.4) is 0 Å². The largest absolute Gasteiger partial charge is 0.345 e. The van der Waals surface area contributed by atoms with E-state index in [4.69, 9.17) is 0 Å². The Bertz CT molecular complexity index is 540. The second kappa shape index (κ2) is 4.30. The number of Topliss-reactive ketones (excluding diaryl/α,β-unsaturated/α-hetero) is 1. The number of rotatable bonds is 3. The Balaban J connectivity index is 1.79. The minimum Gasteiger partial charge on any atom is -0.345 e. The van der Waals surface area contributed by atoms with Gasteiger partial charge in [0.05, 0.1) is 23.9 Å². The Morgan fingerprint density at radius 2 is 2.18 bits per heavy atom. The van der Waals surface area contributed by atoms with Gasteiger partial charge in [-0.15, -0.1) is 0 Å². The third-order valence-corrected chi connectivity index (χ3v) is 3.31. The van der Waals surface area contributed by atoms with Crippen LogP contribution < -0.4 is 0 Å². The highest BCUT2D eigenvalue weighted by molar-refractivity contribution is 6.00. The van der Waals surface area contributed by atoms with Crippen molar-refractivity contribution in [2.75, 3.05) is 19.6 Å². The fourth-order valence-electron chi connectivity index (χ4n) is 2.34. The van der Waals surface area contributed by atoms with Crippen LogP contribution in [-0.2, 0) is 0 Å². The Morgan fingerprint density at radius 3 is 3.00 bits per heavy atom. The number of nitrogens with zero attached hydrogens (tertiary/aromatic N) is 2. The number of aromatic nitrogens is 2. The molecule has 1 N–H and O–H groups in total. The number of likely N-dealkylation sites (tertiary alicyclic amines) is 1. The van der Waals surface area contributed by atoms with Gasteiger partial charge in [-0.1, -0.05) is 0 Å². The van der Waals surface area contributed by atoms with Crippen LogP contribution in [0.15, 0.2) is 24.5 Å². The summed E-state index contributed by atoms with van der Waals surface area (Å²) in [6, 6.07) is 5.64. The summed E-state index contributed by atoms with van der Waals surface area (Å²) >= 11 is 0. The van der Waals surface area contributed by atoms with E-state index in [9.17, 15) is 4.79 Å². The summed E-state index contributed by atoms with van der Waals surface area (Å²) in [5.74, 6) is 0.198. The summed E-state index contributed by atoms with van der Waals surface area (Å²) in [6.45, 7) is 2.65. The van der Waals surface area contributed by atoms with Crippen LogP contribution >= 0.6 is 0 Å². The second-order valence-corrected chi connectivity index (χ2v) is 4.54. The van der Waals surface area contributed by atoms with Gasteiger partial charge in [0.2, 0.25) is 0 Å². The zero-order valence-electron chi connectivity index (χ0n) is 9.65. The highest BCUT2D eigenvalue weighted by atomic mass is 16.1. The predicted molar refractivity (Wildman–Crippen MR) is 66.1 cm³/mol. The monoisotopic (exact) mass is 229 g/mol. The molecule has 88 valence electrons. The van der Waals surface area contributed by atoms with Gasteiger partial charge in [-0.2, -0.15) is 0 Å². The molecule has 4 heteroatoms. The summed E-state index contributed by atoms with van der Waals surface area (Å²) in [6.07, 6.45) is 4.08. The van der Waals surface area contributed by atoms with Gasteiger partial charge in [-0.3, -0.25) is 9.69 Å². The summed E-state index contributed by atoms with van der Waals surface area (Å²) in [5.41, 5.74) is 2.61. The predicted octanol–water partition coefficient (Wildman–Crippen LogP) is 1.84. The number of H-pyrrole nitrogens is 1. The van der Waals surface area contributed by atoms with Crippen molar-refractivity contribution in [1.29, 1.82) is 0 Å². The Hall–Kier alpha value is -1.68. The van der Waals surface area contributed by atoms with Gasteiger partial charge in [0.25, 0.3) is 0 Å². The lowest BCUT2D eigenvalue weighted by molar-refractivity contribution is 0.0945. The van der Waals surface area contributed by atoms with Crippen LogP contribution in [0.2, 0.25) is 0 Å². The fraction of sp³-hybridized carbons (Fsp3) is 0.385. The first-order valence-corrected chi connectivity index (χ1v) is 6.01. The lowest BCUT2D eigenvalue weighted by atomic mass is 10.1. The van der Waals surface area contributed by atoms with E-state index in [-0.39, 0.29) is 5.78 Å². The molecule has 0 bridgehead atoms. The van der Waals surface area contributed by atoms with Crippen LogP contribution in [0.5, 0.6) is 0 Å². The minimum absolute atomic E-state index is 0.198. The molecule has 1 saturated heterocycles. The lowest BCUT2D eigenvalue weighted by Gasteiger charge is -2.13. The molecule has 0 unspecified atom stereocenters. The minimum atomic E-state index is 0.198. The molecule has 2 heterocycles. The van der Waals surface area contributed by atoms with E-state index >= 15 is 0 Å². The number of nitrogens with one attached hydrogen (secondary N) is 1. The normalized spacial score (nSPS) is 16.7. The Labute approximate surface area is 99.6 Å². The van der Waals surface area contributed by atoms with Crippen molar-refractivity contribution in [2.45, 2.75) is 12.8 Å². The molecule has 1 aliphatic rings. The molecule has 0 amide bonds. The van der Waals surface area contributed by atoms with Crippen molar-refractivity contribution in [1.82, 2.24) is 14.9 Å². The van der Waals surface area contributed by atoms with Crippen molar-refractivity contribution in [3.63, 3.8) is 0 Å². The Morgan fingerprint density at radius 1 is 1.35 bits per heavy atom. The molecule has 0 saturated carbocycles. The van der Waals surface area contributed by atoms with Gasteiger partial charge in [-0.25, -0.2) is 4.98 Å². The first-order chi connectivity index (χ1) is 8.33. The van der Waals surface area contributed by atoms with Crippen molar-refractivity contribution in [3.05, 3.63) is 30.1 Å². The standard InChI is InChI=1S/C13H15N3O/c17-13(8-16-5-1-2-6-16)10-3-4-11-12(7-10)15-9-14-11/h3-4,7,9H,1-2,5-6,8H2,(H,14,15). The van der Waals surface area contributed by atoms with Gasteiger partial charge in [0, 0.05) is 5.56 Å². The number of hydrogen-bond acceptors (Lipinski definition) is 3. The molecule has 4 nitrogen and oxygen atoms in total. The maximum atomic E-state index is 12.1. The average molecular weight is 229 g/mol. The van der Waals surface area contributed by atoms with Crippen LogP contribution in [0.25, 0.3) is 11.0 Å². The number of carbonyl (C=O) groups excluding carboxylic acids is 1. The number of hydrogen-bond donors (Lipinski definition) is 1. The van der Waals surface area contributed by atoms with Crippen molar-refractivity contribution in [2.24, 2.45) is 0 Å². The first-order valence-electron chi connectivity index (χ1n) is 6.01. The molecule has 17 heavy (non-hydrogen) atoms. The maximum absolute atomic E-state index is 12.1. The van der Waals surface area contributed by atoms with Crippen molar-refractivity contribution < 1.29 is 4.79 Å². The highest BCUT2D eigenvalue weighted by Crippen LogP contribution is 2.14. The van der Waals surface area contributed by atoms with E-state index < -0.39 is 0 Å². The van der Waals surface area contributed by atoms with Crippen LogP contribution in [0, 0.1) is 0 Å². The van der Waals surface area contributed by atoms with Crippen LogP contribution in [0.1, 0.15) is 23.2 Å². The van der Waals surface area contributed by atoms with E-state index in [1.807, 2.05) is 18.2 Å². The number of carbonyl (C=O) groups is 1. The highest BCUT2D eigenvalue weighted by Gasteiger charge is 2.16. The van der Waals surface area contributed by atoms with E-state index in [0.29, 0.717) is 6.54 Å². The molecular weight excluding hydrogens is 214 g/mol. The maximum Gasteiger partial charge on any atom is 0.176 e. The molecule has 0 atom stereocenters. The smallest absolute Gasteiger partial charge is 0.176 e. The number of ketones is 1. The molecule has 1 aromatic carbocycles. The molecule has 0 radical (unpaired) electrons. The zero-order chi connectivity index (χ0) is 11.7. The van der Waals surface area contributed by atoms with Gasteiger partial charge in [0.15, 0.2) is 5.78 Å². The summed E-state index contributed by atoms with van der Waals surface area (Å²) in [7, 11) is 0. The van der Waals surface area contributed by atoms with Gasteiger partial charge in [0.1, 0.15) is 0 Å². The zero-order valence-corrected chi connectivity index (χ0v) is 9.65. The number of imidazole rings is 1. The van der Waals surface area contributed by atoms with Crippen LogP contribution in [0.4, 0.5) is 0 Å². The molecular formula is C13H15N3O. The molecule has 1 aromatic heterocycles. The molecule has 2 aromatic rings. The Kier molecular flexibility index (Phi) is 2.65. The van der Waals surface area contributed by atoms with E-state index in [1.165, 1.54) is 12.8 Å². The quantitative estimate of drug-likeness (QED) is 0.817. The SMILES string of the molecule is O=C(CN1CCCC1)c1ccc2nc[nH]c2c1. The first kappa shape index (κ1) is 10.5. The third kappa shape index (κ3) is 2.08. The topological polar surface area (TPSA) is 49.0 Å². The second-order valence-electron chi connectivity index (χ2n) is 4.54. The summed E-state index contributed by atoms with van der Waals surface area (Å²) < 4.78 is 0. The van der Waals surface area contributed by atoms with E-state index in [0.717, 1.165) is 29.7 Å². The van der Waals surface area contributed by atoms with Gasteiger partial charge in [-0.05, 0) is 44.1 Å². The molecule has 3 rings (SSSR count). The summed E-state index contributed by atoms with van der Waals surface area (Å²) in [5, 5.41) is 0. The van der Waals surface area contributed by atoms with E-state index in [1.54, 1.807) is 6.33 Å². The number of benzene rings is 1. The average Bonchev–Trinajstić information content (AvgIpc) is 2.97. The van der Waals surface area contributed by atoms with Crippen molar-refractivity contribution in [3.8, 4) is 0 Å². The molecule has 0 aliphatic carbocycles. The number of aromatic amines is 1. The lowest BCUT2D eigenvalue weighted by Crippen LogP contribution is -2.26. The summed E-state index contributed by atoms with van der Waals surface area (Å²) in [4.78, 5) is 21.5. The fourth-order valence-corrected chi connectivity index (χ4v) is 2.34. The van der Waals surface area contributed by atoms with Gasteiger partial charge >= 0.3 is 0 Å². The molecule has 1 aliphatic heterocycles. The van der Waals surface area contributed by atoms with Crippen molar-refractivity contribution >= 4 is 16.8 Å². The third-order valence-electron chi connectivity index (χ3n) is 3.31. The number of fused-ring (bicyclic) bond motifs is 1. The van der Waals surface area contributed by atoms with Gasteiger partial charge < -0.3 is 4.98 Å². The molecule has 0 spiro atoms. The molecule has 1 fully saturated rings.